The number of rotatable bonds is 3. The number of benzene rings is 2. The van der Waals surface area contributed by atoms with E-state index in [0.29, 0.717) is 16.0 Å². The normalized spacial score (nSPS) is 12.5. The van der Waals surface area contributed by atoms with Crippen LogP contribution in [0, 0.1) is 18.6 Å². The molecule has 1 nitrogen and oxygen atoms in total. The fourth-order valence-corrected chi connectivity index (χ4v) is 2.90. The number of aliphatic hydroxyl groups is 1. The molecule has 1 N–H and O–H groups in total. The maximum atomic E-state index is 13.5. The summed E-state index contributed by atoms with van der Waals surface area (Å²) in [5, 5.41) is 9.70. The summed E-state index contributed by atoms with van der Waals surface area (Å²) >= 11 is 1.31. The Hall–Kier alpha value is -1.39. The summed E-state index contributed by atoms with van der Waals surface area (Å²) in [5.74, 6) is -0.665. The fraction of sp³-hybridized carbons (Fsp3) is 0.200. The van der Waals surface area contributed by atoms with E-state index in [4.69, 9.17) is 0 Å². The van der Waals surface area contributed by atoms with Crippen LogP contribution in [0.25, 0.3) is 0 Å². The molecule has 2 aromatic carbocycles. The molecule has 100 valence electrons. The molecule has 0 bridgehead atoms. The van der Waals surface area contributed by atoms with Gasteiger partial charge in [0.15, 0.2) is 0 Å². The molecule has 0 saturated heterocycles. The number of aryl methyl sites for hydroxylation is 1. The summed E-state index contributed by atoms with van der Waals surface area (Å²) in [6.45, 7) is 3.25. The third-order valence-electron chi connectivity index (χ3n) is 2.77. The highest BCUT2D eigenvalue weighted by Gasteiger charge is 2.13. The van der Waals surface area contributed by atoms with Crippen molar-refractivity contribution in [3.63, 3.8) is 0 Å². The van der Waals surface area contributed by atoms with E-state index >= 15 is 0 Å². The smallest absolute Gasteiger partial charge is 0.126 e. The first-order valence-corrected chi connectivity index (χ1v) is 6.70. The van der Waals surface area contributed by atoms with E-state index in [1.54, 1.807) is 32.0 Å². The first kappa shape index (κ1) is 14.0. The molecule has 2 rings (SSSR count). The largest absolute Gasteiger partial charge is 0.389 e. The van der Waals surface area contributed by atoms with E-state index in [2.05, 4.69) is 0 Å². The van der Waals surface area contributed by atoms with Gasteiger partial charge in [-0.2, -0.15) is 0 Å². The zero-order valence-electron chi connectivity index (χ0n) is 10.7. The topological polar surface area (TPSA) is 20.2 Å². The van der Waals surface area contributed by atoms with Crippen molar-refractivity contribution in [1.82, 2.24) is 0 Å². The molecule has 1 atom stereocenters. The second-order valence-electron chi connectivity index (χ2n) is 4.37. The van der Waals surface area contributed by atoms with E-state index in [0.717, 1.165) is 4.90 Å². The molecule has 0 fully saturated rings. The standard InChI is InChI=1S/C15H14F2OS/c1-9-6-15(13(10(2)18)8-14(9)17)19-12-5-3-4-11(16)7-12/h3-8,10,18H,1-2H3/t10-/m0/s1. The highest BCUT2D eigenvalue weighted by molar-refractivity contribution is 7.99. The number of halogens is 2. The summed E-state index contributed by atoms with van der Waals surface area (Å²) in [6, 6.07) is 9.19. The van der Waals surface area contributed by atoms with E-state index < -0.39 is 6.10 Å². The minimum Gasteiger partial charge on any atom is -0.389 e. The van der Waals surface area contributed by atoms with Gasteiger partial charge in [0.25, 0.3) is 0 Å². The zero-order valence-corrected chi connectivity index (χ0v) is 11.5. The minimum atomic E-state index is -0.772. The third kappa shape index (κ3) is 3.33. The van der Waals surface area contributed by atoms with Crippen molar-refractivity contribution >= 4 is 11.8 Å². The Morgan fingerprint density at radius 1 is 1.16 bits per heavy atom. The maximum Gasteiger partial charge on any atom is 0.126 e. The van der Waals surface area contributed by atoms with Crippen molar-refractivity contribution in [2.24, 2.45) is 0 Å². The molecule has 0 aromatic heterocycles. The van der Waals surface area contributed by atoms with Crippen LogP contribution in [-0.4, -0.2) is 5.11 Å². The van der Waals surface area contributed by atoms with Gasteiger partial charge in [0.2, 0.25) is 0 Å². The van der Waals surface area contributed by atoms with Crippen LogP contribution >= 0.6 is 11.8 Å². The van der Waals surface area contributed by atoms with E-state index in [9.17, 15) is 13.9 Å². The van der Waals surface area contributed by atoms with Gasteiger partial charge in [-0.1, -0.05) is 17.8 Å². The lowest BCUT2D eigenvalue weighted by Crippen LogP contribution is -1.97. The van der Waals surface area contributed by atoms with Crippen molar-refractivity contribution in [3.05, 3.63) is 59.2 Å². The number of aliphatic hydroxyl groups excluding tert-OH is 1. The molecule has 0 radical (unpaired) electrons. The van der Waals surface area contributed by atoms with Crippen molar-refractivity contribution in [1.29, 1.82) is 0 Å². The lowest BCUT2D eigenvalue weighted by Gasteiger charge is -2.13. The minimum absolute atomic E-state index is 0.317. The van der Waals surface area contributed by atoms with E-state index in [-0.39, 0.29) is 11.6 Å². The van der Waals surface area contributed by atoms with Crippen LogP contribution < -0.4 is 0 Å². The Balaban J connectivity index is 2.41. The van der Waals surface area contributed by atoms with Gasteiger partial charge < -0.3 is 5.11 Å². The van der Waals surface area contributed by atoms with E-state index in [1.807, 2.05) is 0 Å². The van der Waals surface area contributed by atoms with Gasteiger partial charge in [0.1, 0.15) is 11.6 Å². The average Bonchev–Trinajstić information content (AvgIpc) is 2.33. The predicted octanol–water partition coefficient (Wildman–Crippen LogP) is 4.48. The quantitative estimate of drug-likeness (QED) is 0.894. The van der Waals surface area contributed by atoms with Crippen molar-refractivity contribution in [2.75, 3.05) is 0 Å². The first-order valence-electron chi connectivity index (χ1n) is 5.89. The first-order chi connectivity index (χ1) is 8.97. The summed E-state index contributed by atoms with van der Waals surface area (Å²) in [7, 11) is 0. The highest BCUT2D eigenvalue weighted by Crippen LogP contribution is 2.35. The van der Waals surface area contributed by atoms with Crippen LogP contribution in [0.15, 0.2) is 46.2 Å². The molecule has 4 heteroatoms. The van der Waals surface area contributed by atoms with Crippen molar-refractivity contribution in [3.8, 4) is 0 Å². The molecule has 0 unspecified atom stereocenters. The van der Waals surface area contributed by atoms with Gasteiger partial charge in [-0.3, -0.25) is 0 Å². The van der Waals surface area contributed by atoms with Crippen LogP contribution in [0.5, 0.6) is 0 Å². The van der Waals surface area contributed by atoms with Crippen molar-refractivity contribution in [2.45, 2.75) is 29.7 Å². The van der Waals surface area contributed by atoms with Gasteiger partial charge in [-0.25, -0.2) is 8.78 Å². The summed E-state index contributed by atoms with van der Waals surface area (Å²) in [6.07, 6.45) is -0.772. The molecular weight excluding hydrogens is 266 g/mol. The van der Waals surface area contributed by atoms with Gasteiger partial charge in [0.05, 0.1) is 6.10 Å². The zero-order chi connectivity index (χ0) is 14.0. The van der Waals surface area contributed by atoms with Crippen LogP contribution in [0.2, 0.25) is 0 Å². The van der Waals surface area contributed by atoms with Crippen molar-refractivity contribution < 1.29 is 13.9 Å². The Labute approximate surface area is 115 Å². The molecule has 0 aliphatic heterocycles. The van der Waals surface area contributed by atoms with E-state index in [1.165, 1.54) is 30.0 Å². The molecule has 0 aliphatic rings. The second-order valence-corrected chi connectivity index (χ2v) is 5.49. The molecule has 0 aliphatic carbocycles. The molecule has 0 saturated carbocycles. The molecule has 0 heterocycles. The summed E-state index contributed by atoms with van der Waals surface area (Å²) < 4.78 is 26.7. The van der Waals surface area contributed by atoms with Crippen LogP contribution in [0.1, 0.15) is 24.2 Å². The molecule has 19 heavy (non-hydrogen) atoms. The Bertz CT molecular complexity index is 597. The van der Waals surface area contributed by atoms with Gasteiger partial charge in [-0.05, 0) is 55.3 Å². The van der Waals surface area contributed by atoms with Crippen LogP contribution in [0.3, 0.4) is 0 Å². The maximum absolute atomic E-state index is 13.5. The number of hydrogen-bond acceptors (Lipinski definition) is 2. The Kier molecular flexibility index (Phi) is 4.22. The van der Waals surface area contributed by atoms with Gasteiger partial charge in [0, 0.05) is 9.79 Å². The lowest BCUT2D eigenvalue weighted by molar-refractivity contribution is 0.196. The van der Waals surface area contributed by atoms with Crippen LogP contribution in [0.4, 0.5) is 8.78 Å². The third-order valence-corrected chi connectivity index (χ3v) is 3.83. The fourth-order valence-electron chi connectivity index (χ4n) is 1.74. The summed E-state index contributed by atoms with van der Waals surface area (Å²) in [4.78, 5) is 1.45. The molecule has 2 aromatic rings. The number of hydrogen-bond donors (Lipinski definition) is 1. The molecule has 0 amide bonds. The van der Waals surface area contributed by atoms with Crippen LogP contribution in [-0.2, 0) is 0 Å². The second kappa shape index (κ2) is 5.72. The predicted molar refractivity (Wildman–Crippen MR) is 72.3 cm³/mol. The SMILES string of the molecule is Cc1cc(Sc2cccc(F)c2)c([C@H](C)O)cc1F. The van der Waals surface area contributed by atoms with Gasteiger partial charge >= 0.3 is 0 Å². The Morgan fingerprint density at radius 2 is 1.89 bits per heavy atom. The van der Waals surface area contributed by atoms with Gasteiger partial charge in [-0.15, -0.1) is 0 Å². The lowest BCUT2D eigenvalue weighted by atomic mass is 10.1. The molecule has 0 spiro atoms. The summed E-state index contributed by atoms with van der Waals surface area (Å²) in [5.41, 5.74) is 1.01. The Morgan fingerprint density at radius 3 is 2.53 bits per heavy atom. The average molecular weight is 280 g/mol. The molecular formula is C15H14F2OS. The highest BCUT2D eigenvalue weighted by atomic mass is 32.2. The monoisotopic (exact) mass is 280 g/mol.